The SMILES string of the molecule is CC(Cc1ccc(C(F)(F)F)cc1)C(=O)NCC(C(=O)O)c1ccc(F)cc1. The molecule has 2 rings (SSSR count). The van der Waals surface area contributed by atoms with Crippen LogP contribution in [0, 0.1) is 11.7 Å². The molecule has 4 nitrogen and oxygen atoms in total. The summed E-state index contributed by atoms with van der Waals surface area (Å²) in [7, 11) is 0. The van der Waals surface area contributed by atoms with Gasteiger partial charge in [-0.05, 0) is 41.8 Å². The number of carboxylic acids is 1. The number of hydrogen-bond acceptors (Lipinski definition) is 2. The predicted molar refractivity (Wildman–Crippen MR) is 94.1 cm³/mol. The summed E-state index contributed by atoms with van der Waals surface area (Å²) in [6.07, 6.45) is -4.22. The van der Waals surface area contributed by atoms with Gasteiger partial charge in [-0.3, -0.25) is 9.59 Å². The van der Waals surface area contributed by atoms with E-state index in [1.165, 1.54) is 24.3 Å². The quantitative estimate of drug-likeness (QED) is 0.694. The number of rotatable bonds is 7. The second-order valence-electron chi connectivity index (χ2n) is 6.49. The molecule has 0 spiro atoms. The van der Waals surface area contributed by atoms with Gasteiger partial charge in [0.15, 0.2) is 0 Å². The van der Waals surface area contributed by atoms with Gasteiger partial charge < -0.3 is 10.4 Å². The van der Waals surface area contributed by atoms with Crippen molar-refractivity contribution in [3.05, 3.63) is 71.0 Å². The Bertz CT molecular complexity index is 817. The predicted octanol–water partition coefficient (Wildman–Crippen LogP) is 4.01. The van der Waals surface area contributed by atoms with Crippen molar-refractivity contribution < 1.29 is 32.3 Å². The molecule has 2 unspecified atom stereocenters. The van der Waals surface area contributed by atoms with Crippen LogP contribution >= 0.6 is 0 Å². The average molecular weight is 397 g/mol. The van der Waals surface area contributed by atoms with Crippen LogP contribution in [-0.4, -0.2) is 23.5 Å². The number of hydrogen-bond donors (Lipinski definition) is 2. The molecule has 28 heavy (non-hydrogen) atoms. The highest BCUT2D eigenvalue weighted by atomic mass is 19.4. The average Bonchev–Trinajstić information content (AvgIpc) is 2.62. The van der Waals surface area contributed by atoms with Crippen molar-refractivity contribution in [1.82, 2.24) is 5.32 Å². The fourth-order valence-electron chi connectivity index (χ4n) is 2.70. The van der Waals surface area contributed by atoms with Gasteiger partial charge in [0.25, 0.3) is 0 Å². The van der Waals surface area contributed by atoms with Crippen LogP contribution in [0.3, 0.4) is 0 Å². The maximum atomic E-state index is 13.0. The van der Waals surface area contributed by atoms with Crippen molar-refractivity contribution in [1.29, 1.82) is 0 Å². The second kappa shape index (κ2) is 8.86. The molecule has 150 valence electrons. The van der Waals surface area contributed by atoms with E-state index in [2.05, 4.69) is 5.32 Å². The summed E-state index contributed by atoms with van der Waals surface area (Å²) in [5, 5.41) is 11.9. The van der Waals surface area contributed by atoms with Crippen molar-refractivity contribution in [2.75, 3.05) is 6.54 Å². The van der Waals surface area contributed by atoms with Crippen LogP contribution < -0.4 is 5.32 Å². The van der Waals surface area contributed by atoms with E-state index in [4.69, 9.17) is 0 Å². The molecule has 2 aromatic carbocycles. The lowest BCUT2D eigenvalue weighted by Crippen LogP contribution is -2.35. The van der Waals surface area contributed by atoms with Crippen molar-refractivity contribution in [3.63, 3.8) is 0 Å². The van der Waals surface area contributed by atoms with Crippen LogP contribution in [0.15, 0.2) is 48.5 Å². The normalized spacial score (nSPS) is 13.6. The maximum Gasteiger partial charge on any atom is 0.416 e. The number of benzene rings is 2. The molecule has 0 aromatic heterocycles. The molecular formula is C20H19F4NO3. The molecule has 0 aliphatic carbocycles. The van der Waals surface area contributed by atoms with Crippen molar-refractivity contribution >= 4 is 11.9 Å². The van der Waals surface area contributed by atoms with Crippen LogP contribution in [0.25, 0.3) is 0 Å². The van der Waals surface area contributed by atoms with Crippen molar-refractivity contribution in [2.24, 2.45) is 5.92 Å². The number of nitrogens with one attached hydrogen (secondary N) is 1. The first-order chi connectivity index (χ1) is 13.1. The molecule has 0 aliphatic rings. The molecule has 2 aromatic rings. The van der Waals surface area contributed by atoms with E-state index in [1.807, 2.05) is 0 Å². The largest absolute Gasteiger partial charge is 0.481 e. The molecule has 2 N–H and O–H groups in total. The first kappa shape index (κ1) is 21.4. The van der Waals surface area contributed by atoms with Gasteiger partial charge in [-0.1, -0.05) is 31.2 Å². The number of carboxylic acid groups (broad SMARTS) is 1. The van der Waals surface area contributed by atoms with E-state index in [9.17, 15) is 32.3 Å². The zero-order chi connectivity index (χ0) is 20.9. The van der Waals surface area contributed by atoms with Gasteiger partial charge in [0.1, 0.15) is 5.82 Å². The van der Waals surface area contributed by atoms with Gasteiger partial charge >= 0.3 is 12.1 Å². The summed E-state index contributed by atoms with van der Waals surface area (Å²) in [5.74, 6) is -3.69. The topological polar surface area (TPSA) is 66.4 Å². The van der Waals surface area contributed by atoms with E-state index in [0.29, 0.717) is 11.1 Å². The molecule has 2 atom stereocenters. The van der Waals surface area contributed by atoms with Gasteiger partial charge in [0.2, 0.25) is 5.91 Å². The highest BCUT2D eigenvalue weighted by Gasteiger charge is 2.30. The third kappa shape index (κ3) is 5.80. The summed E-state index contributed by atoms with van der Waals surface area (Å²) < 4.78 is 50.7. The smallest absolute Gasteiger partial charge is 0.416 e. The lowest BCUT2D eigenvalue weighted by atomic mass is 9.97. The fourth-order valence-corrected chi connectivity index (χ4v) is 2.70. The Morgan fingerprint density at radius 2 is 1.61 bits per heavy atom. The van der Waals surface area contributed by atoms with Crippen LogP contribution in [0.2, 0.25) is 0 Å². The van der Waals surface area contributed by atoms with Crippen molar-refractivity contribution in [2.45, 2.75) is 25.4 Å². The molecule has 1 amide bonds. The minimum atomic E-state index is -4.42. The summed E-state index contributed by atoms with van der Waals surface area (Å²) in [5.41, 5.74) is 0.144. The number of amides is 1. The van der Waals surface area contributed by atoms with Gasteiger partial charge in [0.05, 0.1) is 11.5 Å². The van der Waals surface area contributed by atoms with Crippen LogP contribution in [0.1, 0.15) is 29.5 Å². The Hall–Kier alpha value is -2.90. The van der Waals surface area contributed by atoms with E-state index < -0.39 is 41.3 Å². The van der Waals surface area contributed by atoms with Crippen LogP contribution in [0.5, 0.6) is 0 Å². The van der Waals surface area contributed by atoms with Gasteiger partial charge in [-0.15, -0.1) is 0 Å². The number of halogens is 4. The Balaban J connectivity index is 1.95. The first-order valence-corrected chi connectivity index (χ1v) is 8.50. The van der Waals surface area contributed by atoms with E-state index in [0.717, 1.165) is 24.3 Å². The van der Waals surface area contributed by atoms with E-state index in [1.54, 1.807) is 6.92 Å². The lowest BCUT2D eigenvalue weighted by molar-refractivity contribution is -0.139. The Morgan fingerprint density at radius 1 is 1.04 bits per heavy atom. The van der Waals surface area contributed by atoms with Crippen LogP contribution in [-0.2, 0) is 22.2 Å². The fraction of sp³-hybridized carbons (Fsp3) is 0.300. The van der Waals surface area contributed by atoms with Gasteiger partial charge in [-0.25, -0.2) is 4.39 Å². The molecular weight excluding hydrogens is 378 g/mol. The highest BCUT2D eigenvalue weighted by molar-refractivity contribution is 5.81. The van der Waals surface area contributed by atoms with E-state index in [-0.39, 0.29) is 13.0 Å². The first-order valence-electron chi connectivity index (χ1n) is 8.50. The number of carbonyl (C=O) groups excluding carboxylic acids is 1. The summed E-state index contributed by atoms with van der Waals surface area (Å²) in [4.78, 5) is 23.7. The van der Waals surface area contributed by atoms with Crippen molar-refractivity contribution in [3.8, 4) is 0 Å². The molecule has 0 saturated carbocycles. The molecule has 0 saturated heterocycles. The minimum Gasteiger partial charge on any atom is -0.481 e. The summed E-state index contributed by atoms with van der Waals surface area (Å²) in [6.45, 7) is 1.41. The van der Waals surface area contributed by atoms with Gasteiger partial charge in [-0.2, -0.15) is 13.2 Å². The van der Waals surface area contributed by atoms with Crippen LogP contribution in [0.4, 0.5) is 17.6 Å². The zero-order valence-electron chi connectivity index (χ0n) is 15.0. The zero-order valence-corrected chi connectivity index (χ0v) is 15.0. The Labute approximate surface area is 159 Å². The molecule has 0 radical (unpaired) electrons. The minimum absolute atomic E-state index is 0.183. The molecule has 8 heteroatoms. The third-order valence-corrected chi connectivity index (χ3v) is 4.32. The summed E-state index contributed by atoms with van der Waals surface area (Å²) >= 11 is 0. The molecule has 0 heterocycles. The molecule has 0 bridgehead atoms. The Morgan fingerprint density at radius 3 is 2.11 bits per heavy atom. The lowest BCUT2D eigenvalue weighted by Gasteiger charge is -2.17. The van der Waals surface area contributed by atoms with Gasteiger partial charge in [0, 0.05) is 12.5 Å². The summed E-state index contributed by atoms with van der Waals surface area (Å²) in [6, 6.07) is 9.48. The standard InChI is InChI=1S/C20H19F4NO3/c1-12(10-13-2-6-15(7-3-13)20(22,23)24)18(26)25-11-17(19(27)28)14-4-8-16(21)9-5-14/h2-9,12,17H,10-11H2,1H3,(H,25,26)(H,27,28). The maximum absolute atomic E-state index is 13.0. The molecule has 0 fully saturated rings. The Kier molecular flexibility index (Phi) is 6.77. The second-order valence-corrected chi connectivity index (χ2v) is 6.49. The number of aliphatic carboxylic acids is 1. The highest BCUT2D eigenvalue weighted by Crippen LogP contribution is 2.29. The molecule has 0 aliphatic heterocycles. The monoisotopic (exact) mass is 397 g/mol. The van der Waals surface area contributed by atoms with E-state index >= 15 is 0 Å². The number of alkyl halides is 3. The third-order valence-electron chi connectivity index (χ3n) is 4.32. The number of carbonyl (C=O) groups is 2.